The van der Waals surface area contributed by atoms with E-state index in [2.05, 4.69) is 13.1 Å². The van der Waals surface area contributed by atoms with Crippen molar-refractivity contribution in [2.45, 2.75) is 18.9 Å². The second-order valence-electron chi connectivity index (χ2n) is 4.23. The summed E-state index contributed by atoms with van der Waals surface area (Å²) in [4.78, 5) is 1.27. The first-order chi connectivity index (χ1) is 7.78. The summed E-state index contributed by atoms with van der Waals surface area (Å²) in [6, 6.07) is 9.44. The predicted octanol–water partition coefficient (Wildman–Crippen LogP) is 0.776. The molecule has 0 aromatic heterocycles. The van der Waals surface area contributed by atoms with Crippen LogP contribution in [-0.4, -0.2) is 19.2 Å². The normalized spacial score (nSPS) is 24.8. The number of nitrogens with one attached hydrogen (secondary N) is 1. The second-order valence-corrected chi connectivity index (χ2v) is 4.23. The van der Waals surface area contributed by atoms with Gasteiger partial charge in [-0.15, -0.1) is 0 Å². The molecule has 1 N–H and O–H groups in total. The summed E-state index contributed by atoms with van der Waals surface area (Å²) < 4.78 is 5.86. The Bertz CT molecular complexity index is 397. The topological polar surface area (TPSA) is 37.5 Å². The molecule has 0 radical (unpaired) electrons. The molecular formula is C13H16N2O. The van der Waals surface area contributed by atoms with E-state index in [0.717, 1.165) is 31.7 Å². The van der Waals surface area contributed by atoms with Crippen LogP contribution in [0, 0.1) is 18.4 Å². The highest BCUT2D eigenvalue weighted by Gasteiger charge is 2.19. The van der Waals surface area contributed by atoms with Gasteiger partial charge in [-0.05, 0) is 31.0 Å². The SMILES string of the molecule is [CH2-][NH+]1CCCC(Oc2cccc(C#N)c2)C1. The lowest BCUT2D eigenvalue weighted by Gasteiger charge is -2.31. The zero-order chi connectivity index (χ0) is 11.4. The summed E-state index contributed by atoms with van der Waals surface area (Å²) in [5.41, 5.74) is 0.645. The van der Waals surface area contributed by atoms with Crippen molar-refractivity contribution in [2.24, 2.45) is 0 Å². The van der Waals surface area contributed by atoms with E-state index in [1.807, 2.05) is 12.1 Å². The van der Waals surface area contributed by atoms with E-state index < -0.39 is 0 Å². The Kier molecular flexibility index (Phi) is 3.43. The van der Waals surface area contributed by atoms with Crippen LogP contribution in [0.15, 0.2) is 24.3 Å². The zero-order valence-corrected chi connectivity index (χ0v) is 9.28. The van der Waals surface area contributed by atoms with Gasteiger partial charge in [0.05, 0.1) is 24.7 Å². The molecule has 0 bridgehead atoms. The van der Waals surface area contributed by atoms with Crippen molar-refractivity contribution in [3.8, 4) is 11.8 Å². The van der Waals surface area contributed by atoms with Crippen LogP contribution >= 0.6 is 0 Å². The van der Waals surface area contributed by atoms with Crippen molar-refractivity contribution in [1.82, 2.24) is 0 Å². The predicted molar refractivity (Wildman–Crippen MR) is 60.9 cm³/mol. The van der Waals surface area contributed by atoms with E-state index in [1.165, 1.54) is 4.90 Å². The summed E-state index contributed by atoms with van der Waals surface area (Å²) in [5.74, 6) is 0.791. The van der Waals surface area contributed by atoms with Crippen molar-refractivity contribution >= 4 is 0 Å². The number of benzene rings is 1. The molecule has 0 amide bonds. The van der Waals surface area contributed by atoms with Gasteiger partial charge in [-0.3, -0.25) is 0 Å². The molecule has 1 aromatic rings. The molecule has 3 nitrogen and oxygen atoms in total. The van der Waals surface area contributed by atoms with E-state index >= 15 is 0 Å². The van der Waals surface area contributed by atoms with E-state index in [1.54, 1.807) is 12.1 Å². The molecule has 1 heterocycles. The Morgan fingerprint density at radius 2 is 2.38 bits per heavy atom. The minimum absolute atomic E-state index is 0.232. The van der Waals surface area contributed by atoms with Crippen molar-refractivity contribution in [3.63, 3.8) is 0 Å². The molecule has 1 aliphatic heterocycles. The first-order valence-electron chi connectivity index (χ1n) is 5.61. The third-order valence-corrected chi connectivity index (χ3v) is 2.84. The van der Waals surface area contributed by atoms with Gasteiger partial charge in [0.2, 0.25) is 0 Å². The fourth-order valence-corrected chi connectivity index (χ4v) is 2.04. The molecule has 3 heteroatoms. The first kappa shape index (κ1) is 11.0. The fourth-order valence-electron chi connectivity index (χ4n) is 2.04. The third-order valence-electron chi connectivity index (χ3n) is 2.84. The molecule has 2 rings (SSSR count). The number of nitriles is 1. The monoisotopic (exact) mass is 216 g/mol. The molecule has 1 aromatic carbocycles. The lowest BCUT2D eigenvalue weighted by Crippen LogP contribution is -3.09. The molecule has 2 unspecified atom stereocenters. The van der Waals surface area contributed by atoms with Gasteiger partial charge in [-0.1, -0.05) is 6.07 Å². The van der Waals surface area contributed by atoms with Crippen LogP contribution < -0.4 is 9.64 Å². The molecule has 0 saturated carbocycles. The minimum Gasteiger partial charge on any atom is -0.485 e. The molecule has 2 atom stereocenters. The molecular weight excluding hydrogens is 200 g/mol. The smallest absolute Gasteiger partial charge is 0.145 e. The van der Waals surface area contributed by atoms with Gasteiger partial charge in [0, 0.05) is 0 Å². The summed E-state index contributed by atoms with van der Waals surface area (Å²) in [6.07, 6.45) is 2.47. The number of piperidine rings is 1. The fraction of sp³-hybridized carbons (Fsp3) is 0.385. The quantitative estimate of drug-likeness (QED) is 0.742. The Morgan fingerprint density at radius 3 is 3.12 bits per heavy atom. The van der Waals surface area contributed by atoms with Gasteiger partial charge >= 0.3 is 0 Å². The highest BCUT2D eigenvalue weighted by molar-refractivity contribution is 5.36. The van der Waals surface area contributed by atoms with Crippen molar-refractivity contribution in [3.05, 3.63) is 36.9 Å². The average molecular weight is 216 g/mol. The summed E-state index contributed by atoms with van der Waals surface area (Å²) in [7, 11) is 4.01. The number of rotatable bonds is 2. The maximum Gasteiger partial charge on any atom is 0.145 e. The largest absolute Gasteiger partial charge is 0.485 e. The standard InChI is InChI=1S/C13H16N2O/c1-15-7-3-6-13(10-15)16-12-5-2-4-11(8-12)9-14/h2,4-5,8,13,15H,1,3,6-7,10H2. The Balaban J connectivity index is 2.00. The van der Waals surface area contributed by atoms with Gasteiger partial charge in [-0.2, -0.15) is 12.3 Å². The van der Waals surface area contributed by atoms with Gasteiger partial charge in [0.15, 0.2) is 0 Å². The molecule has 1 aliphatic rings. The van der Waals surface area contributed by atoms with Crippen molar-refractivity contribution in [1.29, 1.82) is 5.26 Å². The Labute approximate surface area is 96.2 Å². The third kappa shape index (κ3) is 2.74. The summed E-state index contributed by atoms with van der Waals surface area (Å²) >= 11 is 0. The van der Waals surface area contributed by atoms with Gasteiger partial charge in [-0.25, -0.2) is 0 Å². The molecule has 16 heavy (non-hydrogen) atoms. The lowest BCUT2D eigenvalue weighted by molar-refractivity contribution is -0.862. The number of hydrogen-bond acceptors (Lipinski definition) is 2. The van der Waals surface area contributed by atoms with Crippen LogP contribution in [0.3, 0.4) is 0 Å². The van der Waals surface area contributed by atoms with Crippen LogP contribution in [0.2, 0.25) is 0 Å². The van der Waals surface area contributed by atoms with E-state index in [9.17, 15) is 0 Å². The van der Waals surface area contributed by atoms with Crippen LogP contribution in [0.4, 0.5) is 0 Å². The molecule has 1 fully saturated rings. The maximum atomic E-state index is 8.79. The van der Waals surface area contributed by atoms with Crippen LogP contribution in [0.5, 0.6) is 5.75 Å². The number of hydrogen-bond donors (Lipinski definition) is 1. The van der Waals surface area contributed by atoms with E-state index in [4.69, 9.17) is 10.00 Å². The highest BCUT2D eigenvalue weighted by atomic mass is 16.5. The van der Waals surface area contributed by atoms with Crippen molar-refractivity contribution < 1.29 is 9.64 Å². The first-order valence-corrected chi connectivity index (χ1v) is 5.61. The molecule has 84 valence electrons. The number of nitrogens with zero attached hydrogens (tertiary/aromatic N) is 1. The average Bonchev–Trinajstić information content (AvgIpc) is 2.29. The highest BCUT2D eigenvalue weighted by Crippen LogP contribution is 2.16. The summed E-state index contributed by atoms with van der Waals surface area (Å²) in [6.45, 7) is 2.06. The van der Waals surface area contributed by atoms with Crippen molar-refractivity contribution in [2.75, 3.05) is 13.1 Å². The Hall–Kier alpha value is -1.53. The van der Waals surface area contributed by atoms with Crippen LogP contribution in [0.1, 0.15) is 18.4 Å². The number of ether oxygens (including phenoxy) is 1. The number of quaternary nitrogens is 1. The van der Waals surface area contributed by atoms with E-state index in [0.29, 0.717) is 5.56 Å². The maximum absolute atomic E-state index is 8.79. The lowest BCUT2D eigenvalue weighted by atomic mass is 10.1. The minimum atomic E-state index is 0.232. The van der Waals surface area contributed by atoms with Crippen LogP contribution in [0.25, 0.3) is 0 Å². The van der Waals surface area contributed by atoms with Gasteiger partial charge in [0.25, 0.3) is 0 Å². The number of likely N-dealkylation sites (tertiary alicyclic amines) is 1. The molecule has 0 spiro atoms. The molecule has 1 saturated heterocycles. The van der Waals surface area contributed by atoms with Crippen LogP contribution in [-0.2, 0) is 0 Å². The zero-order valence-electron chi connectivity index (χ0n) is 9.28. The van der Waals surface area contributed by atoms with Gasteiger partial charge in [0.1, 0.15) is 11.9 Å². The molecule has 0 aliphatic carbocycles. The van der Waals surface area contributed by atoms with E-state index in [-0.39, 0.29) is 6.10 Å². The summed E-state index contributed by atoms with van der Waals surface area (Å²) in [5, 5.41) is 8.79. The van der Waals surface area contributed by atoms with Gasteiger partial charge < -0.3 is 9.64 Å². The second kappa shape index (κ2) is 5.00. The Morgan fingerprint density at radius 1 is 1.50 bits per heavy atom.